The van der Waals surface area contributed by atoms with Gasteiger partial charge in [0.25, 0.3) is 5.91 Å². The van der Waals surface area contributed by atoms with Gasteiger partial charge in [0.15, 0.2) is 0 Å². The summed E-state index contributed by atoms with van der Waals surface area (Å²) in [7, 11) is 0. The number of nitrogens with zero attached hydrogens (tertiary/aromatic N) is 5. The van der Waals surface area contributed by atoms with E-state index in [1.807, 2.05) is 41.4 Å². The highest BCUT2D eigenvalue weighted by Crippen LogP contribution is 2.20. The van der Waals surface area contributed by atoms with E-state index in [0.29, 0.717) is 0 Å². The van der Waals surface area contributed by atoms with Crippen LogP contribution in [-0.4, -0.2) is 60.0 Å². The van der Waals surface area contributed by atoms with Gasteiger partial charge < -0.3 is 14.7 Å². The van der Waals surface area contributed by atoms with Gasteiger partial charge in [0.1, 0.15) is 11.6 Å². The van der Waals surface area contributed by atoms with E-state index in [2.05, 4.69) is 19.8 Å². The van der Waals surface area contributed by atoms with Crippen LogP contribution in [0.25, 0.3) is 0 Å². The maximum Gasteiger partial charge on any atom is 0.254 e. The molecule has 0 unspecified atom stereocenters. The first kappa shape index (κ1) is 16.8. The third-order valence-corrected chi connectivity index (χ3v) is 5.21. The topological polar surface area (TPSA) is 52.6 Å². The fourth-order valence-corrected chi connectivity index (χ4v) is 3.71. The first-order chi connectivity index (χ1) is 12.8. The summed E-state index contributed by atoms with van der Waals surface area (Å²) in [6.45, 7) is 5.32. The molecular formula is C20H25N5O. The van der Waals surface area contributed by atoms with E-state index in [1.165, 1.54) is 6.42 Å². The van der Waals surface area contributed by atoms with E-state index in [1.54, 1.807) is 6.20 Å². The Morgan fingerprint density at radius 2 is 1.46 bits per heavy atom. The molecule has 0 N–H and O–H groups in total. The van der Waals surface area contributed by atoms with Gasteiger partial charge in [-0.2, -0.15) is 0 Å². The fourth-order valence-electron chi connectivity index (χ4n) is 3.71. The maximum absolute atomic E-state index is 12.7. The molecule has 0 atom stereocenters. The number of amides is 1. The van der Waals surface area contributed by atoms with Gasteiger partial charge in [-0.1, -0.05) is 6.07 Å². The van der Waals surface area contributed by atoms with Crippen LogP contribution in [0.5, 0.6) is 0 Å². The average molecular weight is 351 g/mol. The Balaban J connectivity index is 1.42. The number of rotatable bonds is 3. The number of hydrogen-bond donors (Lipinski definition) is 0. The molecule has 2 aliphatic rings. The molecule has 1 amide bonds. The smallest absolute Gasteiger partial charge is 0.254 e. The van der Waals surface area contributed by atoms with E-state index in [-0.39, 0.29) is 5.91 Å². The van der Waals surface area contributed by atoms with E-state index in [4.69, 9.17) is 0 Å². The molecule has 2 fully saturated rings. The minimum atomic E-state index is 0.139. The lowest BCUT2D eigenvalue weighted by atomic mass is 10.1. The summed E-state index contributed by atoms with van der Waals surface area (Å²) in [5.74, 6) is 2.06. The van der Waals surface area contributed by atoms with Crippen molar-refractivity contribution in [2.24, 2.45) is 0 Å². The number of hydrogen-bond acceptors (Lipinski definition) is 5. The van der Waals surface area contributed by atoms with E-state index in [9.17, 15) is 4.79 Å². The van der Waals surface area contributed by atoms with Crippen LogP contribution in [-0.2, 0) is 0 Å². The molecule has 2 aromatic rings. The van der Waals surface area contributed by atoms with Gasteiger partial charge in [0.05, 0.1) is 0 Å². The lowest BCUT2D eigenvalue weighted by Crippen LogP contribution is -2.47. The molecule has 0 bridgehead atoms. The molecule has 0 aromatic carbocycles. The summed E-state index contributed by atoms with van der Waals surface area (Å²) in [4.78, 5) is 28.2. The second-order valence-corrected chi connectivity index (χ2v) is 6.92. The maximum atomic E-state index is 12.7. The fraction of sp³-hybridized carbons (Fsp3) is 0.450. The molecule has 0 aliphatic carbocycles. The van der Waals surface area contributed by atoms with Gasteiger partial charge in [-0.15, -0.1) is 0 Å². The first-order valence-electron chi connectivity index (χ1n) is 9.47. The van der Waals surface area contributed by atoms with Crippen LogP contribution in [0, 0.1) is 0 Å². The molecule has 4 heterocycles. The van der Waals surface area contributed by atoms with Crippen LogP contribution in [0.1, 0.15) is 29.6 Å². The van der Waals surface area contributed by atoms with Crippen molar-refractivity contribution in [3.63, 3.8) is 0 Å². The molecule has 2 aromatic heterocycles. The quantitative estimate of drug-likeness (QED) is 0.850. The molecule has 0 saturated carbocycles. The van der Waals surface area contributed by atoms with E-state index >= 15 is 0 Å². The van der Waals surface area contributed by atoms with Gasteiger partial charge in [0, 0.05) is 57.2 Å². The highest BCUT2D eigenvalue weighted by molar-refractivity contribution is 5.94. The van der Waals surface area contributed by atoms with E-state index in [0.717, 1.165) is 69.3 Å². The van der Waals surface area contributed by atoms with Gasteiger partial charge in [0.2, 0.25) is 0 Å². The largest absolute Gasteiger partial charge is 0.353 e. The normalized spacial score (nSPS) is 18.1. The lowest BCUT2D eigenvalue weighted by Gasteiger charge is -2.36. The average Bonchev–Trinajstić information content (AvgIpc) is 2.75. The van der Waals surface area contributed by atoms with Crippen LogP contribution in [0.15, 0.2) is 42.7 Å². The molecule has 136 valence electrons. The third kappa shape index (κ3) is 3.64. The molecule has 2 saturated heterocycles. The summed E-state index contributed by atoms with van der Waals surface area (Å²) < 4.78 is 0. The second-order valence-electron chi connectivity index (χ2n) is 6.92. The minimum Gasteiger partial charge on any atom is -0.353 e. The Kier molecular flexibility index (Phi) is 5.00. The highest BCUT2D eigenvalue weighted by Gasteiger charge is 2.22. The number of carbonyl (C=O) groups is 1. The number of likely N-dealkylation sites (tertiary alicyclic amines) is 1. The van der Waals surface area contributed by atoms with Crippen molar-refractivity contribution >= 4 is 17.5 Å². The molecule has 6 nitrogen and oxygen atoms in total. The van der Waals surface area contributed by atoms with Crippen LogP contribution in [0.4, 0.5) is 11.6 Å². The van der Waals surface area contributed by atoms with Crippen molar-refractivity contribution in [1.29, 1.82) is 0 Å². The monoisotopic (exact) mass is 351 g/mol. The standard InChI is InChI=1S/C20H25N5O/c26-20(25-10-4-1-5-11-25)17-7-9-22-19(16-17)24-14-12-23(13-15-24)18-6-2-3-8-21-18/h2-3,6-9,16H,1,4-5,10-15H2. The zero-order valence-electron chi connectivity index (χ0n) is 15.0. The van der Waals surface area contributed by atoms with Crippen LogP contribution in [0.3, 0.4) is 0 Å². The van der Waals surface area contributed by atoms with Crippen LogP contribution in [0.2, 0.25) is 0 Å². The van der Waals surface area contributed by atoms with Gasteiger partial charge >= 0.3 is 0 Å². The van der Waals surface area contributed by atoms with Crippen molar-refractivity contribution in [3.05, 3.63) is 48.3 Å². The molecule has 4 rings (SSSR count). The number of carbonyl (C=O) groups excluding carboxylic acids is 1. The van der Waals surface area contributed by atoms with Crippen molar-refractivity contribution in [2.45, 2.75) is 19.3 Å². The number of anilines is 2. The number of piperazine rings is 1. The molecular weight excluding hydrogens is 326 g/mol. The summed E-state index contributed by atoms with van der Waals surface area (Å²) in [5.41, 5.74) is 0.754. The second kappa shape index (κ2) is 7.72. The summed E-state index contributed by atoms with van der Waals surface area (Å²) in [5, 5.41) is 0. The van der Waals surface area contributed by atoms with Crippen molar-refractivity contribution < 1.29 is 4.79 Å². The SMILES string of the molecule is O=C(c1ccnc(N2CCN(c3ccccn3)CC2)c1)N1CCCCC1. The molecule has 26 heavy (non-hydrogen) atoms. The first-order valence-corrected chi connectivity index (χ1v) is 9.47. The zero-order valence-corrected chi connectivity index (χ0v) is 15.0. The van der Waals surface area contributed by atoms with Crippen LogP contribution >= 0.6 is 0 Å². The number of piperidine rings is 1. The number of aromatic nitrogens is 2. The third-order valence-electron chi connectivity index (χ3n) is 5.21. The molecule has 0 radical (unpaired) electrons. The summed E-state index contributed by atoms with van der Waals surface area (Å²) in [6, 6.07) is 9.80. The molecule has 6 heteroatoms. The zero-order chi connectivity index (χ0) is 17.8. The predicted molar refractivity (Wildman–Crippen MR) is 103 cm³/mol. The summed E-state index contributed by atoms with van der Waals surface area (Å²) in [6.07, 6.45) is 7.04. The van der Waals surface area contributed by atoms with Crippen molar-refractivity contribution in [2.75, 3.05) is 49.1 Å². The summed E-state index contributed by atoms with van der Waals surface area (Å²) >= 11 is 0. The van der Waals surface area contributed by atoms with Crippen LogP contribution < -0.4 is 9.80 Å². The predicted octanol–water partition coefficient (Wildman–Crippen LogP) is 2.43. The Labute approximate surface area is 154 Å². The van der Waals surface area contributed by atoms with Gasteiger partial charge in [-0.25, -0.2) is 9.97 Å². The lowest BCUT2D eigenvalue weighted by molar-refractivity contribution is 0.0724. The molecule has 2 aliphatic heterocycles. The van der Waals surface area contributed by atoms with Crippen molar-refractivity contribution in [3.8, 4) is 0 Å². The van der Waals surface area contributed by atoms with E-state index < -0.39 is 0 Å². The Hall–Kier alpha value is -2.63. The highest BCUT2D eigenvalue weighted by atomic mass is 16.2. The van der Waals surface area contributed by atoms with Gasteiger partial charge in [-0.05, 0) is 43.5 Å². The van der Waals surface area contributed by atoms with Gasteiger partial charge in [-0.3, -0.25) is 4.79 Å². The molecule has 0 spiro atoms. The number of pyridine rings is 2. The Bertz CT molecular complexity index is 737. The minimum absolute atomic E-state index is 0.139. The van der Waals surface area contributed by atoms with Crippen molar-refractivity contribution in [1.82, 2.24) is 14.9 Å². The Morgan fingerprint density at radius 3 is 2.15 bits per heavy atom. The Morgan fingerprint density at radius 1 is 0.769 bits per heavy atom.